The molecule has 0 atom stereocenters. The summed E-state index contributed by atoms with van der Waals surface area (Å²) < 4.78 is 23.0. The maximum absolute atomic E-state index is 12.4. The molecule has 0 heterocycles. The smallest absolute Gasteiger partial charge is 0.306 e. The van der Waals surface area contributed by atoms with Gasteiger partial charge in [0, 0.05) is 5.31 Å². The number of rotatable bonds is 7. The summed E-state index contributed by atoms with van der Waals surface area (Å²) in [6, 6.07) is 0. The van der Waals surface area contributed by atoms with Gasteiger partial charge in [-0.05, 0) is 33.1 Å². The lowest BCUT2D eigenvalue weighted by atomic mass is 9.94. The van der Waals surface area contributed by atoms with Gasteiger partial charge in [-0.15, -0.1) is 0 Å². The Morgan fingerprint density at radius 1 is 1.13 bits per heavy atom. The van der Waals surface area contributed by atoms with Crippen LogP contribution in [0.2, 0.25) is 0 Å². The van der Waals surface area contributed by atoms with Crippen molar-refractivity contribution in [2.24, 2.45) is 0 Å². The van der Waals surface area contributed by atoms with E-state index >= 15 is 0 Å². The van der Waals surface area contributed by atoms with Crippen LogP contribution in [0.5, 0.6) is 0 Å². The largest absolute Gasteiger partial charge is 0.357 e. The number of hydrogen-bond acceptors (Lipinski definition) is 3. The lowest BCUT2D eigenvalue weighted by Crippen LogP contribution is -2.09. The molecule has 1 rings (SSSR count). The molecule has 0 N–H and O–H groups in total. The predicted molar refractivity (Wildman–Crippen MR) is 62.0 cm³/mol. The Balaban J connectivity index is 2.80. The van der Waals surface area contributed by atoms with E-state index in [9.17, 15) is 4.57 Å². The standard InChI is InChI=1S/C11H21O3P/c1-4-7-10-8-9-11(10)15(12,13-5-2)14-6-3/h4-9H2,1-3H3. The van der Waals surface area contributed by atoms with Gasteiger partial charge in [0.1, 0.15) is 0 Å². The first-order chi connectivity index (χ1) is 7.18. The van der Waals surface area contributed by atoms with Crippen LogP contribution in [0.1, 0.15) is 46.5 Å². The van der Waals surface area contributed by atoms with Gasteiger partial charge < -0.3 is 9.05 Å². The number of hydrogen-bond donors (Lipinski definition) is 0. The monoisotopic (exact) mass is 232 g/mol. The molecular formula is C11H21O3P. The Bertz CT molecular complexity index is 274. The molecule has 0 spiro atoms. The van der Waals surface area contributed by atoms with Gasteiger partial charge in [-0.2, -0.15) is 0 Å². The molecule has 1 aliphatic rings. The third kappa shape index (κ3) is 2.93. The van der Waals surface area contributed by atoms with E-state index in [2.05, 4.69) is 6.92 Å². The average molecular weight is 232 g/mol. The minimum Gasteiger partial charge on any atom is -0.306 e. The normalized spacial score (nSPS) is 16.7. The molecule has 0 aliphatic heterocycles. The summed E-state index contributed by atoms with van der Waals surface area (Å²) >= 11 is 0. The Morgan fingerprint density at radius 2 is 1.73 bits per heavy atom. The van der Waals surface area contributed by atoms with E-state index in [0.717, 1.165) is 31.0 Å². The number of allylic oxidation sites excluding steroid dienone is 2. The molecule has 0 saturated carbocycles. The highest BCUT2D eigenvalue weighted by atomic mass is 31.2. The molecule has 88 valence electrons. The Kier molecular flexibility index (Phi) is 5.04. The Morgan fingerprint density at radius 3 is 2.07 bits per heavy atom. The van der Waals surface area contributed by atoms with Crippen LogP contribution in [0.25, 0.3) is 0 Å². The minimum absolute atomic E-state index is 0.445. The first kappa shape index (κ1) is 13.0. The third-order valence-corrected chi connectivity index (χ3v) is 4.95. The maximum Gasteiger partial charge on any atom is 0.357 e. The lowest BCUT2D eigenvalue weighted by molar-refractivity contribution is 0.223. The lowest BCUT2D eigenvalue weighted by Gasteiger charge is -2.29. The van der Waals surface area contributed by atoms with E-state index in [4.69, 9.17) is 9.05 Å². The summed E-state index contributed by atoms with van der Waals surface area (Å²) in [7, 11) is -2.93. The van der Waals surface area contributed by atoms with Gasteiger partial charge in [-0.3, -0.25) is 4.57 Å². The second-order valence-electron chi connectivity index (χ2n) is 3.63. The topological polar surface area (TPSA) is 35.5 Å². The van der Waals surface area contributed by atoms with Crippen molar-refractivity contribution in [3.8, 4) is 0 Å². The highest BCUT2D eigenvalue weighted by Crippen LogP contribution is 2.63. The molecule has 0 saturated heterocycles. The van der Waals surface area contributed by atoms with Crippen LogP contribution in [-0.2, 0) is 13.6 Å². The average Bonchev–Trinajstić information content (AvgIpc) is 2.12. The first-order valence-corrected chi connectivity index (χ1v) is 7.32. The molecule has 0 amide bonds. The van der Waals surface area contributed by atoms with Gasteiger partial charge in [-0.25, -0.2) is 0 Å². The van der Waals surface area contributed by atoms with Crippen molar-refractivity contribution in [1.82, 2.24) is 0 Å². The van der Waals surface area contributed by atoms with Gasteiger partial charge in [0.2, 0.25) is 0 Å². The van der Waals surface area contributed by atoms with Crippen molar-refractivity contribution >= 4 is 7.60 Å². The summed E-state index contributed by atoms with van der Waals surface area (Å²) in [5.74, 6) is 0. The highest BCUT2D eigenvalue weighted by Gasteiger charge is 2.36. The zero-order valence-corrected chi connectivity index (χ0v) is 10.8. The van der Waals surface area contributed by atoms with Crippen molar-refractivity contribution in [2.75, 3.05) is 13.2 Å². The van der Waals surface area contributed by atoms with Gasteiger partial charge in [0.05, 0.1) is 13.2 Å². The minimum atomic E-state index is -2.93. The molecule has 0 fully saturated rings. The maximum atomic E-state index is 12.4. The molecule has 0 unspecified atom stereocenters. The fourth-order valence-electron chi connectivity index (χ4n) is 1.85. The second-order valence-corrected chi connectivity index (χ2v) is 5.68. The van der Waals surface area contributed by atoms with Crippen molar-refractivity contribution < 1.29 is 13.6 Å². The zero-order valence-electron chi connectivity index (χ0n) is 9.91. The predicted octanol–water partition coefficient (Wildman–Crippen LogP) is 4.10. The summed E-state index contributed by atoms with van der Waals surface area (Å²) in [6.07, 6.45) is 4.07. The van der Waals surface area contributed by atoms with Gasteiger partial charge >= 0.3 is 7.60 Å². The highest BCUT2D eigenvalue weighted by molar-refractivity contribution is 7.58. The van der Waals surface area contributed by atoms with E-state index in [1.165, 1.54) is 5.57 Å². The quantitative estimate of drug-likeness (QED) is 0.620. The van der Waals surface area contributed by atoms with E-state index in [1.54, 1.807) is 0 Å². The van der Waals surface area contributed by atoms with E-state index in [1.807, 2.05) is 13.8 Å². The third-order valence-electron chi connectivity index (χ3n) is 2.55. The summed E-state index contributed by atoms with van der Waals surface area (Å²) in [6.45, 7) is 6.73. The van der Waals surface area contributed by atoms with Crippen LogP contribution in [0.4, 0.5) is 0 Å². The van der Waals surface area contributed by atoms with Gasteiger partial charge in [0.25, 0.3) is 0 Å². The van der Waals surface area contributed by atoms with Gasteiger partial charge in [0.15, 0.2) is 0 Å². The van der Waals surface area contributed by atoms with Crippen LogP contribution in [0.15, 0.2) is 10.9 Å². The van der Waals surface area contributed by atoms with Crippen LogP contribution in [0.3, 0.4) is 0 Å². The molecule has 15 heavy (non-hydrogen) atoms. The zero-order chi connectivity index (χ0) is 11.3. The summed E-state index contributed by atoms with van der Waals surface area (Å²) in [5.41, 5.74) is 1.29. The fourth-order valence-corrected chi connectivity index (χ4v) is 3.91. The summed E-state index contributed by atoms with van der Waals surface area (Å²) in [4.78, 5) is 0. The Labute approximate surface area is 92.4 Å². The molecule has 0 aromatic rings. The van der Waals surface area contributed by atoms with E-state index < -0.39 is 7.60 Å². The molecule has 4 heteroatoms. The first-order valence-electron chi connectivity index (χ1n) is 5.78. The summed E-state index contributed by atoms with van der Waals surface area (Å²) in [5, 5.41) is 0.952. The molecule has 0 aromatic heterocycles. The molecule has 1 aliphatic carbocycles. The molecule has 0 radical (unpaired) electrons. The van der Waals surface area contributed by atoms with Crippen LogP contribution < -0.4 is 0 Å². The molecule has 0 aromatic carbocycles. The molecular weight excluding hydrogens is 211 g/mol. The van der Waals surface area contributed by atoms with Crippen molar-refractivity contribution in [1.29, 1.82) is 0 Å². The molecule has 3 nitrogen and oxygen atoms in total. The van der Waals surface area contributed by atoms with Crippen LogP contribution >= 0.6 is 7.60 Å². The van der Waals surface area contributed by atoms with Crippen molar-refractivity contribution in [3.05, 3.63) is 10.9 Å². The second kappa shape index (κ2) is 5.83. The van der Waals surface area contributed by atoms with Gasteiger partial charge in [-0.1, -0.05) is 18.9 Å². The van der Waals surface area contributed by atoms with Crippen molar-refractivity contribution in [2.45, 2.75) is 46.5 Å². The molecule has 0 bridgehead atoms. The van der Waals surface area contributed by atoms with Crippen molar-refractivity contribution in [3.63, 3.8) is 0 Å². The van der Waals surface area contributed by atoms with Crippen LogP contribution in [0, 0.1) is 0 Å². The van der Waals surface area contributed by atoms with E-state index in [-0.39, 0.29) is 0 Å². The SMILES string of the molecule is CCCC1=C(P(=O)(OCC)OCC)CC1. The van der Waals surface area contributed by atoms with E-state index in [0.29, 0.717) is 13.2 Å². The van der Waals surface area contributed by atoms with Crippen LogP contribution in [-0.4, -0.2) is 13.2 Å². The Hall–Kier alpha value is -0.110. The fraction of sp³-hybridized carbons (Fsp3) is 0.818.